The maximum atomic E-state index is 14.7. The van der Waals surface area contributed by atoms with E-state index in [1.165, 1.54) is 5.01 Å². The van der Waals surface area contributed by atoms with Gasteiger partial charge in [0.05, 0.1) is 12.1 Å². The quantitative estimate of drug-likeness (QED) is 0.314. The molecular formula is C26H35F5N6O. The molecule has 38 heavy (non-hydrogen) atoms. The highest BCUT2D eigenvalue weighted by Gasteiger charge is 2.41. The number of hydrogen-bond donors (Lipinski definition) is 4. The minimum Gasteiger partial charge on any atom is -0.379 e. The highest BCUT2D eigenvalue weighted by atomic mass is 19.4. The Morgan fingerprint density at radius 1 is 1.24 bits per heavy atom. The van der Waals surface area contributed by atoms with Crippen LogP contribution in [0.4, 0.5) is 27.6 Å². The lowest BCUT2D eigenvalue weighted by Gasteiger charge is -2.37. The van der Waals surface area contributed by atoms with Gasteiger partial charge in [-0.25, -0.2) is 13.8 Å². The number of benzene rings is 1. The first kappa shape index (κ1) is 28.5. The third-order valence-electron chi connectivity index (χ3n) is 7.45. The summed E-state index contributed by atoms with van der Waals surface area (Å²) in [6, 6.07) is 1.99. The summed E-state index contributed by atoms with van der Waals surface area (Å²) in [5, 5.41) is 10.3. The fraction of sp³-hybridized carbons (Fsp3) is 0.577. The molecule has 4 rings (SSSR count). The van der Waals surface area contributed by atoms with E-state index in [9.17, 15) is 26.7 Å². The van der Waals surface area contributed by atoms with E-state index in [-0.39, 0.29) is 19.6 Å². The van der Waals surface area contributed by atoms with Crippen LogP contribution >= 0.6 is 0 Å². The van der Waals surface area contributed by atoms with Crippen LogP contribution in [0, 0.1) is 0 Å². The maximum Gasteiger partial charge on any atom is 0.413 e. The van der Waals surface area contributed by atoms with Crippen molar-refractivity contribution in [3.8, 4) is 0 Å². The van der Waals surface area contributed by atoms with Crippen molar-refractivity contribution in [1.82, 2.24) is 26.0 Å². The molecule has 210 valence electrons. The van der Waals surface area contributed by atoms with Gasteiger partial charge >= 0.3 is 6.18 Å². The lowest BCUT2D eigenvalue weighted by molar-refractivity contribution is -0.126. The monoisotopic (exact) mass is 542 g/mol. The molecule has 0 bridgehead atoms. The number of carbonyl (C=O) groups excluding carboxylic acids is 1. The second-order valence-electron chi connectivity index (χ2n) is 10.2. The number of halogens is 5. The molecule has 2 saturated heterocycles. The molecule has 7 nitrogen and oxygen atoms in total. The van der Waals surface area contributed by atoms with Gasteiger partial charge in [-0.1, -0.05) is 30.9 Å². The number of amides is 1. The molecule has 12 heteroatoms. The normalized spacial score (nSPS) is 30.8. The number of nitrogens with zero attached hydrogens (tertiary/aromatic N) is 2. The molecule has 4 N–H and O–H groups in total. The summed E-state index contributed by atoms with van der Waals surface area (Å²) in [4.78, 5) is 14.3. The van der Waals surface area contributed by atoms with Crippen molar-refractivity contribution in [3.05, 3.63) is 53.6 Å². The van der Waals surface area contributed by atoms with E-state index in [1.54, 1.807) is 37.4 Å². The molecule has 0 aliphatic carbocycles. The Morgan fingerprint density at radius 3 is 2.66 bits per heavy atom. The number of carbonyl (C=O) groups is 1. The lowest BCUT2D eigenvalue weighted by Crippen LogP contribution is -2.47. The van der Waals surface area contributed by atoms with Crippen LogP contribution in [0.15, 0.2) is 42.5 Å². The number of nitrogens with one attached hydrogen (secondary N) is 4. The van der Waals surface area contributed by atoms with Gasteiger partial charge in [-0.05, 0) is 37.1 Å². The van der Waals surface area contributed by atoms with E-state index in [2.05, 4.69) is 28.0 Å². The van der Waals surface area contributed by atoms with Crippen LogP contribution in [0.2, 0.25) is 0 Å². The molecule has 6 atom stereocenters. The molecule has 1 aromatic rings. The summed E-state index contributed by atoms with van der Waals surface area (Å²) in [6.45, 7) is 4.47. The predicted octanol–water partition coefficient (Wildman–Crippen LogP) is 2.64. The second kappa shape index (κ2) is 11.7. The largest absolute Gasteiger partial charge is 0.413 e. The number of hydrogen-bond acceptors (Lipinski definition) is 6. The molecule has 2 fully saturated rings. The number of likely N-dealkylation sites (N-methyl/N-ethyl adjacent to an activating group) is 1. The molecule has 0 saturated carbocycles. The maximum absolute atomic E-state index is 14.7. The van der Waals surface area contributed by atoms with E-state index in [4.69, 9.17) is 0 Å². The van der Waals surface area contributed by atoms with Gasteiger partial charge in [0.1, 0.15) is 18.4 Å². The number of fused-ring (bicyclic) bond motifs is 1. The number of piperidine rings is 1. The van der Waals surface area contributed by atoms with Crippen molar-refractivity contribution in [3.63, 3.8) is 0 Å². The molecule has 3 aliphatic heterocycles. The van der Waals surface area contributed by atoms with E-state index in [0.29, 0.717) is 29.7 Å². The lowest BCUT2D eigenvalue weighted by atomic mass is 9.85. The molecule has 3 heterocycles. The van der Waals surface area contributed by atoms with E-state index in [1.807, 2.05) is 11.9 Å². The van der Waals surface area contributed by atoms with Crippen LogP contribution in [0.25, 0.3) is 0 Å². The highest BCUT2D eigenvalue weighted by molar-refractivity contribution is 5.82. The van der Waals surface area contributed by atoms with E-state index in [0.717, 1.165) is 6.54 Å². The van der Waals surface area contributed by atoms with Crippen LogP contribution < -0.4 is 21.4 Å². The van der Waals surface area contributed by atoms with Crippen molar-refractivity contribution in [1.29, 1.82) is 0 Å². The first-order valence-electron chi connectivity index (χ1n) is 12.7. The third kappa shape index (κ3) is 6.36. The summed E-state index contributed by atoms with van der Waals surface area (Å²) in [5.41, 5.74) is 3.57. The molecule has 3 aliphatic rings. The summed E-state index contributed by atoms with van der Waals surface area (Å²) < 4.78 is 69.8. The summed E-state index contributed by atoms with van der Waals surface area (Å²) in [5.74, 6) is -0.481. The van der Waals surface area contributed by atoms with Crippen molar-refractivity contribution in [2.75, 3.05) is 45.6 Å². The minimum atomic E-state index is -4.61. The Hall–Kier alpha value is -2.54. The minimum absolute atomic E-state index is 0.0530. The number of hydrazine groups is 1. The topological polar surface area (TPSA) is 71.7 Å². The Morgan fingerprint density at radius 2 is 2.00 bits per heavy atom. The van der Waals surface area contributed by atoms with Crippen LogP contribution in [0.5, 0.6) is 0 Å². The Kier molecular flexibility index (Phi) is 8.75. The zero-order valence-electron chi connectivity index (χ0n) is 21.5. The number of rotatable bonds is 7. The van der Waals surface area contributed by atoms with E-state index < -0.39 is 54.2 Å². The zero-order chi connectivity index (χ0) is 27.6. The number of alkyl halides is 5. The molecule has 0 aromatic heterocycles. The summed E-state index contributed by atoms with van der Waals surface area (Å²) in [7, 11) is 3.43. The molecule has 4 unspecified atom stereocenters. The Bertz CT molecular complexity index is 1040. The van der Waals surface area contributed by atoms with Crippen LogP contribution in [0.1, 0.15) is 23.6 Å². The number of likely N-dealkylation sites (tertiary alicyclic amines) is 1. The van der Waals surface area contributed by atoms with Crippen molar-refractivity contribution in [2.45, 2.75) is 55.5 Å². The Balaban J connectivity index is 1.50. The van der Waals surface area contributed by atoms with Gasteiger partial charge in [-0.15, -0.1) is 0 Å². The standard InChI is InChI=1S/C26H35F5N6O/c1-15(26(29,30)31)23-17-7-4-8-21(35-22-9-11-36(2)14-20(22)28)18(17)12-16(34-23)6-5-10-32-25(38)24-19(27)13-33-37(24)3/h4-8,16,19-20,22-24,33-35H,1,9-14H2,2-3H3,(H,32,38)/b6-5+/t16?,19?,20-,22+,23?,24?/m0/s1. The van der Waals surface area contributed by atoms with Crippen LogP contribution in [-0.4, -0.2) is 92.7 Å². The average molecular weight is 543 g/mol. The highest BCUT2D eigenvalue weighted by Crippen LogP contribution is 2.40. The SMILES string of the molecule is C=C(C1NC(/C=C/CNC(=O)C2C(F)CNN2C)Cc2c(N[C@@H]3CCN(C)C[C@@H]3F)cccc21)C(F)(F)F. The van der Waals surface area contributed by atoms with Crippen molar-refractivity contribution >= 4 is 11.6 Å². The smallest absolute Gasteiger partial charge is 0.379 e. The first-order chi connectivity index (χ1) is 18.0. The molecule has 1 aromatic carbocycles. The number of anilines is 1. The van der Waals surface area contributed by atoms with Crippen LogP contribution in [-0.2, 0) is 11.2 Å². The average Bonchev–Trinajstić information content (AvgIpc) is 3.20. The predicted molar refractivity (Wildman–Crippen MR) is 136 cm³/mol. The van der Waals surface area contributed by atoms with Gasteiger partial charge in [-0.2, -0.15) is 13.2 Å². The van der Waals surface area contributed by atoms with Gasteiger partial charge in [-0.3, -0.25) is 15.5 Å². The second-order valence-corrected chi connectivity index (χ2v) is 10.2. The molecular weight excluding hydrogens is 507 g/mol. The fourth-order valence-electron chi connectivity index (χ4n) is 5.34. The summed E-state index contributed by atoms with van der Waals surface area (Å²) >= 11 is 0. The van der Waals surface area contributed by atoms with Crippen molar-refractivity contribution < 1.29 is 26.7 Å². The van der Waals surface area contributed by atoms with Gasteiger partial charge in [0.25, 0.3) is 0 Å². The first-order valence-corrected chi connectivity index (χ1v) is 12.7. The Labute approximate surface area is 219 Å². The van der Waals surface area contributed by atoms with Gasteiger partial charge < -0.3 is 15.5 Å². The van der Waals surface area contributed by atoms with Crippen LogP contribution in [0.3, 0.4) is 0 Å². The fourth-order valence-corrected chi connectivity index (χ4v) is 5.34. The third-order valence-corrected chi connectivity index (χ3v) is 7.45. The van der Waals surface area contributed by atoms with Crippen molar-refractivity contribution in [2.24, 2.45) is 0 Å². The van der Waals surface area contributed by atoms with Gasteiger partial charge in [0.2, 0.25) is 5.91 Å². The molecule has 1 amide bonds. The van der Waals surface area contributed by atoms with Gasteiger partial charge in [0.15, 0.2) is 0 Å². The van der Waals surface area contributed by atoms with E-state index >= 15 is 0 Å². The molecule has 0 spiro atoms. The van der Waals surface area contributed by atoms with Gasteiger partial charge in [0, 0.05) is 50.5 Å². The summed E-state index contributed by atoms with van der Waals surface area (Å²) in [6.07, 6.45) is -2.80. The zero-order valence-corrected chi connectivity index (χ0v) is 21.5. The molecule has 0 radical (unpaired) electrons.